The number of anilines is 1. The largest absolute Gasteiger partial charge is 0.375 e. The standard InChI is InChI=1S/C13H18N4O/c1-10(2)7-11-9-17(5-6-18-11)13-12(8-14)15-3-4-16-13/h3-4,10-11H,5-7,9H2,1-2H3. The molecule has 5 nitrogen and oxygen atoms in total. The van der Waals surface area contributed by atoms with Crippen LogP contribution in [0.5, 0.6) is 0 Å². The van der Waals surface area contributed by atoms with E-state index in [2.05, 4.69) is 34.8 Å². The molecule has 0 aromatic carbocycles. The SMILES string of the molecule is CC(C)CC1CN(c2nccnc2C#N)CCO1. The predicted molar refractivity (Wildman–Crippen MR) is 68.2 cm³/mol. The maximum atomic E-state index is 9.05. The van der Waals surface area contributed by atoms with Crippen molar-refractivity contribution in [3.05, 3.63) is 18.1 Å². The van der Waals surface area contributed by atoms with Crippen molar-refractivity contribution in [2.75, 3.05) is 24.6 Å². The molecular weight excluding hydrogens is 228 g/mol. The molecule has 2 rings (SSSR count). The lowest BCUT2D eigenvalue weighted by Gasteiger charge is -2.34. The van der Waals surface area contributed by atoms with Gasteiger partial charge in [0.05, 0.1) is 12.7 Å². The van der Waals surface area contributed by atoms with Gasteiger partial charge in [-0.25, -0.2) is 9.97 Å². The molecule has 0 radical (unpaired) electrons. The van der Waals surface area contributed by atoms with E-state index < -0.39 is 0 Å². The molecule has 1 aliphatic heterocycles. The van der Waals surface area contributed by atoms with Gasteiger partial charge in [-0.1, -0.05) is 13.8 Å². The van der Waals surface area contributed by atoms with Crippen LogP contribution in [0.1, 0.15) is 26.0 Å². The second kappa shape index (κ2) is 5.78. The number of hydrogen-bond acceptors (Lipinski definition) is 5. The first kappa shape index (κ1) is 12.8. The highest BCUT2D eigenvalue weighted by molar-refractivity contribution is 5.49. The topological polar surface area (TPSA) is 62.0 Å². The molecule has 5 heteroatoms. The Labute approximate surface area is 107 Å². The van der Waals surface area contributed by atoms with Gasteiger partial charge >= 0.3 is 0 Å². The van der Waals surface area contributed by atoms with Gasteiger partial charge in [-0.2, -0.15) is 5.26 Å². The van der Waals surface area contributed by atoms with Gasteiger partial charge in [-0.05, 0) is 12.3 Å². The summed E-state index contributed by atoms with van der Waals surface area (Å²) in [5.74, 6) is 1.28. The number of hydrogen-bond donors (Lipinski definition) is 0. The molecule has 18 heavy (non-hydrogen) atoms. The summed E-state index contributed by atoms with van der Waals surface area (Å²) in [6.07, 6.45) is 4.42. The number of nitriles is 1. The third kappa shape index (κ3) is 2.96. The van der Waals surface area contributed by atoms with E-state index in [0.717, 1.165) is 19.5 Å². The molecule has 0 saturated carbocycles. The fourth-order valence-corrected chi connectivity index (χ4v) is 2.22. The average molecular weight is 246 g/mol. The molecule has 0 spiro atoms. The van der Waals surface area contributed by atoms with Crippen LogP contribution in [0.25, 0.3) is 0 Å². The van der Waals surface area contributed by atoms with Crippen molar-refractivity contribution in [2.24, 2.45) is 5.92 Å². The Morgan fingerprint density at radius 3 is 3.00 bits per heavy atom. The Balaban J connectivity index is 2.11. The van der Waals surface area contributed by atoms with Gasteiger partial charge in [0.2, 0.25) is 0 Å². The summed E-state index contributed by atoms with van der Waals surface area (Å²) in [5, 5.41) is 9.05. The highest BCUT2D eigenvalue weighted by Gasteiger charge is 2.24. The second-order valence-electron chi connectivity index (χ2n) is 4.91. The van der Waals surface area contributed by atoms with Crippen molar-refractivity contribution in [3.63, 3.8) is 0 Å². The zero-order valence-electron chi connectivity index (χ0n) is 10.8. The number of nitrogens with zero attached hydrogens (tertiary/aromatic N) is 4. The van der Waals surface area contributed by atoms with Gasteiger partial charge in [0.15, 0.2) is 11.5 Å². The van der Waals surface area contributed by atoms with E-state index >= 15 is 0 Å². The fraction of sp³-hybridized carbons (Fsp3) is 0.615. The van der Waals surface area contributed by atoms with Crippen LogP contribution in [0.4, 0.5) is 5.82 Å². The zero-order valence-corrected chi connectivity index (χ0v) is 10.8. The first-order valence-electron chi connectivity index (χ1n) is 6.28. The Morgan fingerprint density at radius 1 is 1.50 bits per heavy atom. The van der Waals surface area contributed by atoms with Gasteiger partial charge < -0.3 is 9.64 Å². The third-order valence-electron chi connectivity index (χ3n) is 2.96. The normalized spacial score (nSPS) is 19.9. The van der Waals surface area contributed by atoms with E-state index in [-0.39, 0.29) is 6.10 Å². The molecule has 0 bridgehead atoms. The van der Waals surface area contributed by atoms with Crippen molar-refractivity contribution < 1.29 is 4.74 Å². The summed E-state index contributed by atoms with van der Waals surface area (Å²) in [6.45, 7) is 6.60. The zero-order chi connectivity index (χ0) is 13.0. The van der Waals surface area contributed by atoms with Gasteiger partial charge in [-0.3, -0.25) is 0 Å². The van der Waals surface area contributed by atoms with Gasteiger partial charge in [-0.15, -0.1) is 0 Å². The summed E-state index contributed by atoms with van der Waals surface area (Å²) in [6, 6.07) is 2.09. The van der Waals surface area contributed by atoms with Crippen LogP contribution in [0.3, 0.4) is 0 Å². The fourth-order valence-electron chi connectivity index (χ4n) is 2.22. The molecule has 1 unspecified atom stereocenters. The van der Waals surface area contributed by atoms with E-state index in [1.807, 2.05) is 0 Å². The molecule has 0 aliphatic carbocycles. The molecule has 1 atom stereocenters. The van der Waals surface area contributed by atoms with Crippen molar-refractivity contribution in [3.8, 4) is 6.07 Å². The summed E-state index contributed by atoms with van der Waals surface area (Å²) in [7, 11) is 0. The minimum absolute atomic E-state index is 0.215. The molecule has 1 fully saturated rings. The maximum Gasteiger partial charge on any atom is 0.183 e. The molecule has 1 saturated heterocycles. The lowest BCUT2D eigenvalue weighted by Crippen LogP contribution is -2.43. The molecule has 1 aliphatic rings. The Bertz CT molecular complexity index is 441. The smallest absolute Gasteiger partial charge is 0.183 e. The van der Waals surface area contributed by atoms with E-state index in [4.69, 9.17) is 10.00 Å². The van der Waals surface area contributed by atoms with Crippen LogP contribution < -0.4 is 4.90 Å². The van der Waals surface area contributed by atoms with Crippen LogP contribution in [0.2, 0.25) is 0 Å². The highest BCUT2D eigenvalue weighted by Crippen LogP contribution is 2.20. The third-order valence-corrected chi connectivity index (χ3v) is 2.96. The summed E-state index contributed by atoms with van der Waals surface area (Å²) < 4.78 is 5.74. The quantitative estimate of drug-likeness (QED) is 0.810. The van der Waals surface area contributed by atoms with E-state index in [1.54, 1.807) is 12.4 Å². The van der Waals surface area contributed by atoms with Crippen molar-refractivity contribution in [2.45, 2.75) is 26.4 Å². The number of morpholine rings is 1. The van der Waals surface area contributed by atoms with Gasteiger partial charge in [0.1, 0.15) is 6.07 Å². The van der Waals surface area contributed by atoms with Crippen molar-refractivity contribution >= 4 is 5.82 Å². The number of rotatable bonds is 3. The van der Waals surface area contributed by atoms with Gasteiger partial charge in [0, 0.05) is 25.5 Å². The lowest BCUT2D eigenvalue weighted by molar-refractivity contribution is 0.0273. The molecule has 0 amide bonds. The van der Waals surface area contributed by atoms with Crippen molar-refractivity contribution in [1.82, 2.24) is 9.97 Å². The average Bonchev–Trinajstić information content (AvgIpc) is 2.38. The maximum absolute atomic E-state index is 9.05. The summed E-state index contributed by atoms with van der Waals surface area (Å²) in [4.78, 5) is 10.4. The molecular formula is C13H18N4O. The first-order valence-corrected chi connectivity index (χ1v) is 6.28. The summed E-state index contributed by atoms with van der Waals surface area (Å²) in [5.41, 5.74) is 0.391. The van der Waals surface area contributed by atoms with Crippen LogP contribution in [0.15, 0.2) is 12.4 Å². The molecule has 1 aromatic rings. The van der Waals surface area contributed by atoms with E-state index in [0.29, 0.717) is 24.0 Å². The minimum atomic E-state index is 0.215. The van der Waals surface area contributed by atoms with E-state index in [9.17, 15) is 0 Å². The van der Waals surface area contributed by atoms with Crippen molar-refractivity contribution in [1.29, 1.82) is 5.26 Å². The molecule has 96 valence electrons. The number of aromatic nitrogens is 2. The van der Waals surface area contributed by atoms with Crippen LogP contribution in [-0.2, 0) is 4.74 Å². The molecule has 2 heterocycles. The minimum Gasteiger partial charge on any atom is -0.375 e. The Morgan fingerprint density at radius 2 is 2.28 bits per heavy atom. The van der Waals surface area contributed by atoms with Crippen LogP contribution >= 0.6 is 0 Å². The monoisotopic (exact) mass is 246 g/mol. The lowest BCUT2D eigenvalue weighted by atomic mass is 10.0. The first-order chi connectivity index (χ1) is 8.70. The van der Waals surface area contributed by atoms with E-state index in [1.165, 1.54) is 0 Å². The Hall–Kier alpha value is -1.67. The predicted octanol–water partition coefficient (Wildman–Crippen LogP) is 1.60. The highest BCUT2D eigenvalue weighted by atomic mass is 16.5. The van der Waals surface area contributed by atoms with Gasteiger partial charge in [0.25, 0.3) is 0 Å². The molecule has 0 N–H and O–H groups in total. The van der Waals surface area contributed by atoms with Crippen LogP contribution in [-0.4, -0.2) is 35.8 Å². The Kier molecular flexibility index (Phi) is 4.11. The number of ether oxygens (including phenoxy) is 1. The second-order valence-corrected chi connectivity index (χ2v) is 4.91. The van der Waals surface area contributed by atoms with Crippen LogP contribution in [0, 0.1) is 17.2 Å². The summed E-state index contributed by atoms with van der Waals surface area (Å²) >= 11 is 0. The molecule has 1 aromatic heterocycles.